The Bertz CT molecular complexity index is 642. The standard InChI is InChI=1S/C12H16N4O2S.ClH/c1-10(7-13)15-19(17,18)12-8-14-16(9-12)11-5-3-2-4-6-11;/h2-6,8-10,15H,7,13H2,1H3;1H/t10-;/m0./s1. The third kappa shape index (κ3) is 3.80. The molecule has 0 radical (unpaired) electrons. The summed E-state index contributed by atoms with van der Waals surface area (Å²) < 4.78 is 28.0. The second-order valence-corrected chi connectivity index (χ2v) is 5.93. The van der Waals surface area contributed by atoms with Crippen LogP contribution in [0.5, 0.6) is 0 Å². The van der Waals surface area contributed by atoms with Crippen molar-refractivity contribution in [2.45, 2.75) is 17.9 Å². The predicted octanol–water partition coefficient (Wildman–Crippen LogP) is 0.920. The molecule has 8 heteroatoms. The smallest absolute Gasteiger partial charge is 0.243 e. The number of rotatable bonds is 5. The number of aromatic nitrogens is 2. The van der Waals surface area contributed by atoms with Gasteiger partial charge in [0.15, 0.2) is 0 Å². The summed E-state index contributed by atoms with van der Waals surface area (Å²) in [5.41, 5.74) is 6.21. The van der Waals surface area contributed by atoms with Gasteiger partial charge in [0.1, 0.15) is 4.90 Å². The molecule has 0 bridgehead atoms. The SMILES string of the molecule is C[C@@H](CN)NS(=O)(=O)c1cnn(-c2ccccc2)c1.Cl. The Labute approximate surface area is 124 Å². The Hall–Kier alpha value is -1.41. The van der Waals surface area contributed by atoms with Crippen LogP contribution in [0.25, 0.3) is 5.69 Å². The Morgan fingerprint density at radius 3 is 2.60 bits per heavy atom. The van der Waals surface area contributed by atoms with E-state index in [1.165, 1.54) is 17.1 Å². The predicted molar refractivity (Wildman–Crippen MR) is 79.6 cm³/mol. The zero-order valence-electron chi connectivity index (χ0n) is 10.9. The van der Waals surface area contributed by atoms with Crippen molar-refractivity contribution in [3.05, 3.63) is 42.7 Å². The maximum absolute atomic E-state index is 12.0. The molecule has 0 spiro atoms. The minimum Gasteiger partial charge on any atom is -0.329 e. The highest BCUT2D eigenvalue weighted by Crippen LogP contribution is 2.12. The van der Waals surface area contributed by atoms with E-state index in [9.17, 15) is 8.42 Å². The van der Waals surface area contributed by atoms with E-state index in [4.69, 9.17) is 5.73 Å². The highest BCUT2D eigenvalue weighted by molar-refractivity contribution is 7.89. The van der Waals surface area contributed by atoms with Crippen molar-refractivity contribution < 1.29 is 8.42 Å². The fourth-order valence-electron chi connectivity index (χ4n) is 1.55. The molecule has 2 aromatic rings. The van der Waals surface area contributed by atoms with Crippen LogP contribution in [0.4, 0.5) is 0 Å². The first-order valence-electron chi connectivity index (χ1n) is 5.85. The number of para-hydroxylation sites is 1. The number of nitrogens with zero attached hydrogens (tertiary/aromatic N) is 2. The van der Waals surface area contributed by atoms with Crippen molar-refractivity contribution in [1.29, 1.82) is 0 Å². The summed E-state index contributed by atoms with van der Waals surface area (Å²) in [6.07, 6.45) is 2.79. The Balaban J connectivity index is 0.00000200. The van der Waals surface area contributed by atoms with Crippen LogP contribution in [0.2, 0.25) is 0 Å². The number of hydrogen-bond acceptors (Lipinski definition) is 4. The van der Waals surface area contributed by atoms with Crippen molar-refractivity contribution in [2.75, 3.05) is 6.54 Å². The molecule has 0 fully saturated rings. The Morgan fingerprint density at radius 2 is 2.00 bits per heavy atom. The lowest BCUT2D eigenvalue weighted by molar-refractivity contribution is 0.562. The van der Waals surface area contributed by atoms with E-state index in [-0.39, 0.29) is 29.9 Å². The summed E-state index contributed by atoms with van der Waals surface area (Å²) in [7, 11) is -3.57. The van der Waals surface area contributed by atoms with Gasteiger partial charge in [-0.1, -0.05) is 18.2 Å². The second kappa shape index (κ2) is 6.85. The highest BCUT2D eigenvalue weighted by Gasteiger charge is 2.18. The van der Waals surface area contributed by atoms with Crippen LogP contribution in [0.3, 0.4) is 0 Å². The molecule has 0 aliphatic heterocycles. The van der Waals surface area contributed by atoms with E-state index < -0.39 is 10.0 Å². The van der Waals surface area contributed by atoms with Gasteiger partial charge in [-0.05, 0) is 19.1 Å². The molecule has 0 aliphatic rings. The maximum atomic E-state index is 12.0. The van der Waals surface area contributed by atoms with Crippen LogP contribution < -0.4 is 10.5 Å². The van der Waals surface area contributed by atoms with E-state index >= 15 is 0 Å². The largest absolute Gasteiger partial charge is 0.329 e. The van der Waals surface area contributed by atoms with Crippen molar-refractivity contribution in [3.63, 3.8) is 0 Å². The van der Waals surface area contributed by atoms with E-state index in [1.54, 1.807) is 6.92 Å². The van der Waals surface area contributed by atoms with E-state index in [0.717, 1.165) is 5.69 Å². The van der Waals surface area contributed by atoms with Gasteiger partial charge >= 0.3 is 0 Å². The average molecular weight is 317 g/mol. The molecular weight excluding hydrogens is 300 g/mol. The van der Waals surface area contributed by atoms with Gasteiger partial charge in [-0.15, -0.1) is 12.4 Å². The molecule has 1 atom stereocenters. The summed E-state index contributed by atoms with van der Waals surface area (Å²) in [6, 6.07) is 8.98. The summed E-state index contributed by atoms with van der Waals surface area (Å²) in [5.74, 6) is 0. The first-order chi connectivity index (χ1) is 9.03. The normalized spacial score (nSPS) is 12.7. The summed E-state index contributed by atoms with van der Waals surface area (Å²) >= 11 is 0. The number of benzene rings is 1. The fraction of sp³-hybridized carbons (Fsp3) is 0.250. The van der Waals surface area contributed by atoms with Gasteiger partial charge < -0.3 is 5.73 Å². The molecule has 3 N–H and O–H groups in total. The molecular formula is C12H17ClN4O2S. The molecule has 1 aromatic carbocycles. The highest BCUT2D eigenvalue weighted by atomic mass is 35.5. The molecule has 6 nitrogen and oxygen atoms in total. The first kappa shape index (κ1) is 16.6. The van der Waals surface area contributed by atoms with Crippen molar-refractivity contribution in [3.8, 4) is 5.69 Å². The third-order valence-electron chi connectivity index (χ3n) is 2.60. The summed E-state index contributed by atoms with van der Waals surface area (Å²) in [6.45, 7) is 1.95. The first-order valence-corrected chi connectivity index (χ1v) is 7.34. The molecule has 2 rings (SSSR count). The average Bonchev–Trinajstić information content (AvgIpc) is 2.89. The van der Waals surface area contributed by atoms with E-state index in [0.29, 0.717) is 0 Å². The Morgan fingerprint density at radius 1 is 1.35 bits per heavy atom. The molecule has 20 heavy (non-hydrogen) atoms. The third-order valence-corrected chi connectivity index (χ3v) is 4.14. The summed E-state index contributed by atoms with van der Waals surface area (Å²) in [4.78, 5) is 0.122. The minimum absolute atomic E-state index is 0. The van der Waals surface area contributed by atoms with Gasteiger partial charge in [0.2, 0.25) is 10.0 Å². The summed E-state index contributed by atoms with van der Waals surface area (Å²) in [5, 5.41) is 4.05. The van der Waals surface area contributed by atoms with Crippen molar-refractivity contribution in [1.82, 2.24) is 14.5 Å². The van der Waals surface area contributed by atoms with Gasteiger partial charge in [0.05, 0.1) is 18.1 Å². The van der Waals surface area contributed by atoms with Gasteiger partial charge in [-0.3, -0.25) is 0 Å². The quantitative estimate of drug-likeness (QED) is 0.858. The molecule has 1 aromatic heterocycles. The number of hydrogen-bond donors (Lipinski definition) is 2. The van der Waals surface area contributed by atoms with Crippen molar-refractivity contribution in [2.24, 2.45) is 5.73 Å². The molecule has 0 amide bonds. The topological polar surface area (TPSA) is 90.0 Å². The van der Waals surface area contributed by atoms with E-state index in [1.807, 2.05) is 30.3 Å². The maximum Gasteiger partial charge on any atom is 0.243 e. The molecule has 0 aliphatic carbocycles. The van der Waals surface area contributed by atoms with Crippen LogP contribution >= 0.6 is 12.4 Å². The van der Waals surface area contributed by atoms with Crippen LogP contribution in [0.1, 0.15) is 6.92 Å². The van der Waals surface area contributed by atoms with Gasteiger partial charge in [0.25, 0.3) is 0 Å². The monoisotopic (exact) mass is 316 g/mol. The number of nitrogens with one attached hydrogen (secondary N) is 1. The van der Waals surface area contributed by atoms with Gasteiger partial charge in [-0.25, -0.2) is 17.8 Å². The zero-order valence-corrected chi connectivity index (χ0v) is 12.6. The fourth-order valence-corrected chi connectivity index (χ4v) is 2.73. The molecule has 0 unspecified atom stereocenters. The lowest BCUT2D eigenvalue weighted by atomic mass is 10.3. The molecule has 0 saturated carbocycles. The van der Waals surface area contributed by atoms with Gasteiger partial charge in [0, 0.05) is 12.6 Å². The van der Waals surface area contributed by atoms with Crippen molar-refractivity contribution >= 4 is 22.4 Å². The van der Waals surface area contributed by atoms with Crippen LogP contribution in [0.15, 0.2) is 47.6 Å². The number of nitrogens with two attached hydrogens (primary N) is 1. The second-order valence-electron chi connectivity index (χ2n) is 4.21. The number of halogens is 1. The zero-order chi connectivity index (χ0) is 13.9. The lowest BCUT2D eigenvalue weighted by Crippen LogP contribution is -2.37. The van der Waals surface area contributed by atoms with Crippen LogP contribution in [0, 0.1) is 0 Å². The lowest BCUT2D eigenvalue weighted by Gasteiger charge is -2.10. The van der Waals surface area contributed by atoms with Crippen LogP contribution in [-0.4, -0.2) is 30.8 Å². The molecule has 0 saturated heterocycles. The van der Waals surface area contributed by atoms with Gasteiger partial charge in [-0.2, -0.15) is 5.10 Å². The molecule has 110 valence electrons. The minimum atomic E-state index is -3.57. The van der Waals surface area contributed by atoms with E-state index in [2.05, 4.69) is 9.82 Å². The number of sulfonamides is 1. The Kier molecular flexibility index (Phi) is 5.70. The molecule has 1 heterocycles. The van der Waals surface area contributed by atoms with Crippen LogP contribution in [-0.2, 0) is 10.0 Å².